The van der Waals surface area contributed by atoms with E-state index in [-0.39, 0.29) is 6.03 Å². The monoisotopic (exact) mass is 351 g/mol. The minimum atomic E-state index is 0.0648. The van der Waals surface area contributed by atoms with E-state index in [1.807, 2.05) is 23.1 Å². The van der Waals surface area contributed by atoms with Crippen molar-refractivity contribution in [1.82, 2.24) is 15.1 Å². The molecule has 0 aromatic heterocycles. The summed E-state index contributed by atoms with van der Waals surface area (Å²) >= 11 is 0. The predicted molar refractivity (Wildman–Crippen MR) is 106 cm³/mol. The molecule has 1 atom stereocenters. The average molecular weight is 351 g/mol. The van der Waals surface area contributed by atoms with Crippen LogP contribution in [0.25, 0.3) is 0 Å². The number of amides is 2. The lowest BCUT2D eigenvalue weighted by atomic mass is 10.1. The third kappa shape index (κ3) is 5.09. The molecule has 0 spiro atoms. The number of carbonyl (C=O) groups excluding carboxylic acids is 1. The van der Waals surface area contributed by atoms with Crippen molar-refractivity contribution in [2.75, 3.05) is 26.2 Å². The maximum absolute atomic E-state index is 12.6. The zero-order valence-electron chi connectivity index (χ0n) is 15.6. The zero-order chi connectivity index (χ0) is 18.2. The van der Waals surface area contributed by atoms with Gasteiger partial charge in [0.05, 0.1) is 0 Å². The molecule has 1 N–H and O–H groups in total. The predicted octanol–water partition coefficient (Wildman–Crippen LogP) is 3.54. The summed E-state index contributed by atoms with van der Waals surface area (Å²) in [4.78, 5) is 17.1. The summed E-state index contributed by atoms with van der Waals surface area (Å²) in [5, 5.41) is 3.09. The van der Waals surface area contributed by atoms with Crippen molar-refractivity contribution in [2.24, 2.45) is 0 Å². The molecule has 1 fully saturated rings. The molecule has 3 rings (SSSR count). The molecular formula is C22H29N3O. The minimum Gasteiger partial charge on any atom is -0.338 e. The second-order valence-corrected chi connectivity index (χ2v) is 6.92. The molecule has 0 radical (unpaired) electrons. The normalized spacial score (nSPS) is 17.2. The Hall–Kier alpha value is -2.33. The van der Waals surface area contributed by atoms with E-state index in [4.69, 9.17) is 0 Å². The Morgan fingerprint density at radius 3 is 2.38 bits per heavy atom. The van der Waals surface area contributed by atoms with E-state index in [1.165, 1.54) is 11.1 Å². The highest BCUT2D eigenvalue weighted by atomic mass is 16.2. The summed E-state index contributed by atoms with van der Waals surface area (Å²) in [7, 11) is 0. The quantitative estimate of drug-likeness (QED) is 0.828. The highest BCUT2D eigenvalue weighted by molar-refractivity contribution is 5.74. The minimum absolute atomic E-state index is 0.0648. The molecule has 4 heteroatoms. The van der Waals surface area contributed by atoms with Gasteiger partial charge >= 0.3 is 6.03 Å². The molecule has 1 aliphatic heterocycles. The molecule has 138 valence electrons. The van der Waals surface area contributed by atoms with Gasteiger partial charge in [-0.1, -0.05) is 60.7 Å². The topological polar surface area (TPSA) is 35.6 Å². The number of benzene rings is 2. The second-order valence-electron chi connectivity index (χ2n) is 6.92. The van der Waals surface area contributed by atoms with Gasteiger partial charge in [0, 0.05) is 38.8 Å². The number of likely N-dealkylation sites (N-methyl/N-ethyl adjacent to an activating group) is 1. The molecule has 2 amide bonds. The zero-order valence-corrected chi connectivity index (χ0v) is 15.6. The molecule has 1 saturated heterocycles. The number of hydrogen-bond acceptors (Lipinski definition) is 2. The lowest BCUT2D eigenvalue weighted by Gasteiger charge is -2.28. The molecule has 4 nitrogen and oxygen atoms in total. The first-order valence-electron chi connectivity index (χ1n) is 9.61. The lowest BCUT2D eigenvalue weighted by molar-refractivity contribution is 0.176. The van der Waals surface area contributed by atoms with Gasteiger partial charge in [-0.05, 0) is 30.9 Å². The van der Waals surface area contributed by atoms with Crippen LogP contribution in [0.5, 0.6) is 0 Å². The first-order valence-corrected chi connectivity index (χ1v) is 9.61. The molecule has 0 aliphatic carbocycles. The van der Waals surface area contributed by atoms with Gasteiger partial charge in [0.25, 0.3) is 0 Å². The van der Waals surface area contributed by atoms with Crippen molar-refractivity contribution >= 4 is 6.03 Å². The molecule has 1 aliphatic rings. The Morgan fingerprint density at radius 2 is 1.73 bits per heavy atom. The summed E-state index contributed by atoms with van der Waals surface area (Å²) < 4.78 is 0. The average Bonchev–Trinajstić information content (AvgIpc) is 3.12. The first-order chi connectivity index (χ1) is 12.8. The number of hydrogen-bond donors (Lipinski definition) is 1. The summed E-state index contributed by atoms with van der Waals surface area (Å²) in [6.07, 6.45) is 1.92. The van der Waals surface area contributed by atoms with Crippen LogP contribution >= 0.6 is 0 Å². The van der Waals surface area contributed by atoms with Crippen molar-refractivity contribution in [3.05, 3.63) is 71.8 Å². The maximum Gasteiger partial charge on any atom is 0.317 e. The Labute approximate surface area is 156 Å². The van der Waals surface area contributed by atoms with Crippen LogP contribution in [0.2, 0.25) is 0 Å². The van der Waals surface area contributed by atoms with Crippen LogP contribution in [-0.2, 0) is 13.0 Å². The van der Waals surface area contributed by atoms with Crippen LogP contribution in [0.1, 0.15) is 24.5 Å². The van der Waals surface area contributed by atoms with Gasteiger partial charge in [0.1, 0.15) is 0 Å². The third-order valence-electron chi connectivity index (χ3n) is 5.07. The van der Waals surface area contributed by atoms with Gasteiger partial charge in [-0.25, -0.2) is 4.79 Å². The fourth-order valence-corrected chi connectivity index (χ4v) is 3.68. The standard InChI is InChI=1S/C22H29N3O/c1-2-25(22(26)23-15-13-19-9-5-3-6-10-19)21-14-16-24(18-21)17-20-11-7-4-8-12-20/h3-12,21H,2,13-18H2,1H3,(H,23,26). The largest absolute Gasteiger partial charge is 0.338 e. The van der Waals surface area contributed by atoms with Gasteiger partial charge in [-0.3, -0.25) is 4.90 Å². The van der Waals surface area contributed by atoms with E-state index in [9.17, 15) is 4.79 Å². The molecule has 2 aromatic rings. The Morgan fingerprint density at radius 1 is 1.08 bits per heavy atom. The first kappa shape index (κ1) is 18.5. The van der Waals surface area contributed by atoms with Crippen molar-refractivity contribution in [2.45, 2.75) is 32.4 Å². The number of nitrogens with one attached hydrogen (secondary N) is 1. The van der Waals surface area contributed by atoms with E-state index < -0.39 is 0 Å². The number of likely N-dealkylation sites (tertiary alicyclic amines) is 1. The number of carbonyl (C=O) groups is 1. The highest BCUT2D eigenvalue weighted by Crippen LogP contribution is 2.18. The van der Waals surface area contributed by atoms with Gasteiger partial charge in [-0.2, -0.15) is 0 Å². The van der Waals surface area contributed by atoms with Crippen LogP contribution in [0.3, 0.4) is 0 Å². The van der Waals surface area contributed by atoms with Crippen LogP contribution in [0, 0.1) is 0 Å². The summed E-state index contributed by atoms with van der Waals surface area (Å²) in [6, 6.07) is 21.2. The second kappa shape index (κ2) is 9.39. The van der Waals surface area contributed by atoms with E-state index in [0.717, 1.165) is 39.0 Å². The van der Waals surface area contributed by atoms with E-state index in [0.29, 0.717) is 12.6 Å². The van der Waals surface area contributed by atoms with E-state index >= 15 is 0 Å². The van der Waals surface area contributed by atoms with Crippen molar-refractivity contribution in [1.29, 1.82) is 0 Å². The Balaban J connectivity index is 1.46. The summed E-state index contributed by atoms with van der Waals surface area (Å²) in [5.74, 6) is 0. The van der Waals surface area contributed by atoms with E-state index in [1.54, 1.807) is 0 Å². The van der Waals surface area contributed by atoms with Gasteiger partial charge in [-0.15, -0.1) is 0 Å². The number of rotatable bonds is 7. The Kier molecular flexibility index (Phi) is 6.67. The number of nitrogens with zero attached hydrogens (tertiary/aromatic N) is 2. The maximum atomic E-state index is 12.6. The highest BCUT2D eigenvalue weighted by Gasteiger charge is 2.29. The smallest absolute Gasteiger partial charge is 0.317 e. The van der Waals surface area contributed by atoms with Crippen molar-refractivity contribution in [3.63, 3.8) is 0 Å². The molecule has 2 aromatic carbocycles. The third-order valence-corrected chi connectivity index (χ3v) is 5.07. The molecule has 1 heterocycles. The fourth-order valence-electron chi connectivity index (χ4n) is 3.68. The van der Waals surface area contributed by atoms with Crippen molar-refractivity contribution < 1.29 is 4.79 Å². The van der Waals surface area contributed by atoms with E-state index in [2.05, 4.69) is 59.6 Å². The molecule has 26 heavy (non-hydrogen) atoms. The Bertz CT molecular complexity index is 674. The van der Waals surface area contributed by atoms with Crippen LogP contribution in [-0.4, -0.2) is 48.1 Å². The summed E-state index contributed by atoms with van der Waals surface area (Å²) in [6.45, 7) is 6.46. The SMILES string of the molecule is CCN(C(=O)NCCc1ccccc1)C1CCN(Cc2ccccc2)C1. The fraction of sp³-hybridized carbons (Fsp3) is 0.409. The van der Waals surface area contributed by atoms with Crippen LogP contribution in [0.4, 0.5) is 4.79 Å². The molecule has 1 unspecified atom stereocenters. The lowest BCUT2D eigenvalue weighted by Crippen LogP contribution is -2.47. The molecule has 0 saturated carbocycles. The summed E-state index contributed by atoms with van der Waals surface area (Å²) in [5.41, 5.74) is 2.59. The van der Waals surface area contributed by atoms with Gasteiger partial charge in [0.2, 0.25) is 0 Å². The molecule has 0 bridgehead atoms. The van der Waals surface area contributed by atoms with Gasteiger partial charge in [0.15, 0.2) is 0 Å². The molecular weight excluding hydrogens is 322 g/mol. The van der Waals surface area contributed by atoms with Crippen LogP contribution in [0.15, 0.2) is 60.7 Å². The number of urea groups is 1. The van der Waals surface area contributed by atoms with Gasteiger partial charge < -0.3 is 10.2 Å². The van der Waals surface area contributed by atoms with Crippen LogP contribution < -0.4 is 5.32 Å². The van der Waals surface area contributed by atoms with Crippen molar-refractivity contribution in [3.8, 4) is 0 Å².